The molecule has 4 rings (SSSR count). The van der Waals surface area contributed by atoms with Crippen LogP contribution in [0.25, 0.3) is 0 Å². The standard InChI is InChI=1S/C15H15N3O2S/c19-14(20)12-8-18(7-10-3-1-2-4-11(10)12)15-16-13(17-21-15)9-5-6-9/h1-4,9,12H,5-8H2,(H,19,20). The zero-order valence-corrected chi connectivity index (χ0v) is 12.2. The molecule has 1 fully saturated rings. The van der Waals surface area contributed by atoms with Crippen LogP contribution in [0.5, 0.6) is 0 Å². The van der Waals surface area contributed by atoms with E-state index in [0.29, 0.717) is 19.0 Å². The Hall–Kier alpha value is -1.95. The van der Waals surface area contributed by atoms with Crippen molar-refractivity contribution < 1.29 is 9.90 Å². The Kier molecular flexibility index (Phi) is 2.92. The van der Waals surface area contributed by atoms with Gasteiger partial charge in [0.25, 0.3) is 0 Å². The second kappa shape index (κ2) is 4.80. The van der Waals surface area contributed by atoms with Gasteiger partial charge in [0.05, 0.1) is 5.92 Å². The number of rotatable bonds is 3. The van der Waals surface area contributed by atoms with Crippen LogP contribution in [0.2, 0.25) is 0 Å². The lowest BCUT2D eigenvalue weighted by Gasteiger charge is -2.32. The van der Waals surface area contributed by atoms with E-state index in [-0.39, 0.29) is 0 Å². The van der Waals surface area contributed by atoms with Crippen LogP contribution in [0.1, 0.15) is 41.6 Å². The van der Waals surface area contributed by atoms with E-state index in [1.165, 1.54) is 24.4 Å². The van der Waals surface area contributed by atoms with Gasteiger partial charge >= 0.3 is 5.97 Å². The number of nitrogens with zero attached hydrogens (tertiary/aromatic N) is 3. The van der Waals surface area contributed by atoms with Crippen LogP contribution in [0.3, 0.4) is 0 Å². The lowest BCUT2D eigenvalue weighted by molar-refractivity contribution is -0.138. The largest absolute Gasteiger partial charge is 0.481 e. The minimum atomic E-state index is -0.779. The highest BCUT2D eigenvalue weighted by molar-refractivity contribution is 7.09. The highest BCUT2D eigenvalue weighted by Gasteiger charge is 2.33. The van der Waals surface area contributed by atoms with Crippen LogP contribution in [0.15, 0.2) is 24.3 Å². The van der Waals surface area contributed by atoms with Crippen molar-refractivity contribution in [3.05, 3.63) is 41.2 Å². The van der Waals surface area contributed by atoms with Crippen LogP contribution < -0.4 is 4.90 Å². The molecule has 0 spiro atoms. The average Bonchev–Trinajstić information content (AvgIpc) is 3.23. The molecule has 2 heterocycles. The lowest BCUT2D eigenvalue weighted by atomic mass is 9.90. The van der Waals surface area contributed by atoms with Gasteiger partial charge in [-0.25, -0.2) is 4.98 Å². The number of aliphatic carboxylic acids is 1. The van der Waals surface area contributed by atoms with Crippen molar-refractivity contribution in [2.75, 3.05) is 11.4 Å². The van der Waals surface area contributed by atoms with Crippen molar-refractivity contribution in [1.29, 1.82) is 0 Å². The molecule has 1 aromatic heterocycles. The molecule has 21 heavy (non-hydrogen) atoms. The first kappa shape index (κ1) is 12.8. The topological polar surface area (TPSA) is 66.3 Å². The number of benzene rings is 1. The quantitative estimate of drug-likeness (QED) is 0.944. The fraction of sp³-hybridized carbons (Fsp3) is 0.400. The Morgan fingerprint density at radius 3 is 2.90 bits per heavy atom. The smallest absolute Gasteiger partial charge is 0.312 e. The fourth-order valence-electron chi connectivity index (χ4n) is 2.83. The highest BCUT2D eigenvalue weighted by Crippen LogP contribution is 2.40. The number of fused-ring (bicyclic) bond motifs is 1. The summed E-state index contributed by atoms with van der Waals surface area (Å²) >= 11 is 1.38. The van der Waals surface area contributed by atoms with Crippen molar-refractivity contribution in [1.82, 2.24) is 9.36 Å². The normalized spacial score (nSPS) is 21.1. The predicted octanol–water partition coefficient (Wildman–Crippen LogP) is 2.60. The fourth-order valence-corrected chi connectivity index (χ4v) is 3.58. The predicted molar refractivity (Wildman–Crippen MR) is 79.8 cm³/mol. The summed E-state index contributed by atoms with van der Waals surface area (Å²) in [5.41, 5.74) is 1.99. The molecule has 2 aromatic rings. The maximum absolute atomic E-state index is 11.6. The summed E-state index contributed by atoms with van der Waals surface area (Å²) in [6, 6.07) is 7.78. The Balaban J connectivity index is 1.66. The van der Waals surface area contributed by atoms with Crippen molar-refractivity contribution in [2.45, 2.75) is 31.2 Å². The number of carboxylic acids is 1. The first-order valence-corrected chi connectivity index (χ1v) is 7.89. The molecule has 0 radical (unpaired) electrons. The molecule has 6 heteroatoms. The third-order valence-electron chi connectivity index (χ3n) is 4.14. The monoisotopic (exact) mass is 301 g/mol. The van der Waals surface area contributed by atoms with Crippen molar-refractivity contribution in [3.63, 3.8) is 0 Å². The maximum atomic E-state index is 11.6. The van der Waals surface area contributed by atoms with E-state index in [1.54, 1.807) is 0 Å². The molecule has 5 nitrogen and oxygen atoms in total. The summed E-state index contributed by atoms with van der Waals surface area (Å²) in [6.45, 7) is 1.17. The molecular weight excluding hydrogens is 286 g/mol. The highest BCUT2D eigenvalue weighted by atomic mass is 32.1. The number of hydrogen-bond donors (Lipinski definition) is 1. The molecule has 108 valence electrons. The molecule has 2 aliphatic rings. The van der Waals surface area contributed by atoms with E-state index in [2.05, 4.69) is 9.36 Å². The van der Waals surface area contributed by atoms with Crippen molar-refractivity contribution in [2.24, 2.45) is 0 Å². The van der Waals surface area contributed by atoms with Crippen LogP contribution in [-0.2, 0) is 11.3 Å². The van der Waals surface area contributed by atoms with Crippen molar-refractivity contribution >= 4 is 22.6 Å². The molecule has 0 saturated heterocycles. The van der Waals surface area contributed by atoms with E-state index in [1.807, 2.05) is 29.2 Å². The molecule has 1 atom stereocenters. The van der Waals surface area contributed by atoms with Crippen molar-refractivity contribution in [3.8, 4) is 0 Å². The summed E-state index contributed by atoms with van der Waals surface area (Å²) in [5, 5.41) is 10.3. The Morgan fingerprint density at radius 2 is 2.14 bits per heavy atom. The number of carbonyl (C=O) groups is 1. The van der Waals surface area contributed by atoms with Crippen LogP contribution in [0.4, 0.5) is 5.13 Å². The molecule has 0 bridgehead atoms. The van der Waals surface area contributed by atoms with Gasteiger partial charge in [0.15, 0.2) is 0 Å². The average molecular weight is 301 g/mol. The van der Waals surface area contributed by atoms with E-state index in [0.717, 1.165) is 22.1 Å². The third kappa shape index (κ3) is 2.29. The van der Waals surface area contributed by atoms with Crippen LogP contribution in [-0.4, -0.2) is 27.0 Å². The molecule has 1 aliphatic carbocycles. The van der Waals surface area contributed by atoms with E-state index >= 15 is 0 Å². The van der Waals surface area contributed by atoms with E-state index in [4.69, 9.17) is 0 Å². The molecule has 1 aliphatic heterocycles. The number of hydrogen-bond acceptors (Lipinski definition) is 5. The summed E-state index contributed by atoms with van der Waals surface area (Å²) in [7, 11) is 0. The second-order valence-electron chi connectivity index (χ2n) is 5.68. The van der Waals surface area contributed by atoms with Crippen LogP contribution >= 0.6 is 11.5 Å². The van der Waals surface area contributed by atoms with Gasteiger partial charge in [-0.3, -0.25) is 4.79 Å². The van der Waals surface area contributed by atoms with Gasteiger partial charge in [-0.05, 0) is 24.0 Å². The minimum absolute atomic E-state index is 0.464. The zero-order valence-electron chi connectivity index (χ0n) is 11.4. The van der Waals surface area contributed by atoms with Gasteiger partial charge in [0.2, 0.25) is 5.13 Å². The number of anilines is 1. The van der Waals surface area contributed by atoms with Gasteiger partial charge < -0.3 is 10.0 Å². The Bertz CT molecular complexity index is 696. The molecule has 1 N–H and O–H groups in total. The van der Waals surface area contributed by atoms with E-state index < -0.39 is 11.9 Å². The molecule has 0 amide bonds. The number of carboxylic acid groups (broad SMARTS) is 1. The van der Waals surface area contributed by atoms with Gasteiger partial charge in [-0.15, -0.1) is 0 Å². The Labute approximate surface area is 126 Å². The SMILES string of the molecule is O=C(O)C1CN(c2nc(C3CC3)ns2)Cc2ccccc21. The van der Waals surface area contributed by atoms with Gasteiger partial charge in [0, 0.05) is 30.5 Å². The van der Waals surface area contributed by atoms with Gasteiger partial charge in [-0.1, -0.05) is 24.3 Å². The second-order valence-corrected chi connectivity index (χ2v) is 6.41. The van der Waals surface area contributed by atoms with Gasteiger partial charge in [-0.2, -0.15) is 4.37 Å². The molecule has 1 saturated carbocycles. The van der Waals surface area contributed by atoms with E-state index in [9.17, 15) is 9.90 Å². The first-order valence-electron chi connectivity index (χ1n) is 7.11. The first-order chi connectivity index (χ1) is 10.2. The maximum Gasteiger partial charge on any atom is 0.312 e. The van der Waals surface area contributed by atoms with Crippen LogP contribution in [0, 0.1) is 0 Å². The molecular formula is C15H15N3O2S. The summed E-state index contributed by atoms with van der Waals surface area (Å²) in [5.74, 6) is 0.186. The summed E-state index contributed by atoms with van der Waals surface area (Å²) in [4.78, 5) is 18.2. The number of aromatic nitrogens is 2. The Morgan fingerprint density at radius 1 is 1.33 bits per heavy atom. The lowest BCUT2D eigenvalue weighted by Crippen LogP contribution is -2.36. The molecule has 1 aromatic carbocycles. The van der Waals surface area contributed by atoms with Gasteiger partial charge in [0.1, 0.15) is 5.82 Å². The molecule has 1 unspecified atom stereocenters. The minimum Gasteiger partial charge on any atom is -0.481 e. The zero-order chi connectivity index (χ0) is 14.4. The summed E-state index contributed by atoms with van der Waals surface area (Å²) in [6.07, 6.45) is 2.35. The summed E-state index contributed by atoms with van der Waals surface area (Å²) < 4.78 is 4.42. The third-order valence-corrected chi connectivity index (χ3v) is 4.93.